The summed E-state index contributed by atoms with van der Waals surface area (Å²) < 4.78 is 13.0. The first-order chi connectivity index (χ1) is 8.16. The molecule has 2 heteroatoms. The number of halogens is 1. The van der Waals surface area contributed by atoms with E-state index >= 15 is 0 Å². The minimum absolute atomic E-state index is 0.141. The summed E-state index contributed by atoms with van der Waals surface area (Å²) in [6.07, 6.45) is 6.06. The Bertz CT molecular complexity index is 354. The smallest absolute Gasteiger partial charge is 0.123 e. The van der Waals surface area contributed by atoms with Crippen LogP contribution >= 0.6 is 0 Å². The van der Waals surface area contributed by atoms with Gasteiger partial charge in [-0.3, -0.25) is 0 Å². The maximum Gasteiger partial charge on any atom is 0.123 e. The van der Waals surface area contributed by atoms with E-state index in [1.54, 1.807) is 12.1 Å². The SMILES string of the molecule is CC(CCN)CC1(c2ccc(F)cc2)CCC1. The van der Waals surface area contributed by atoms with Crippen molar-refractivity contribution in [3.63, 3.8) is 0 Å². The molecule has 1 aromatic rings. The van der Waals surface area contributed by atoms with Gasteiger partial charge in [0.2, 0.25) is 0 Å². The van der Waals surface area contributed by atoms with Crippen LogP contribution in [0.15, 0.2) is 24.3 Å². The third kappa shape index (κ3) is 2.68. The zero-order valence-corrected chi connectivity index (χ0v) is 10.6. The Labute approximate surface area is 103 Å². The number of nitrogens with two attached hydrogens (primary N) is 1. The number of hydrogen-bond acceptors (Lipinski definition) is 1. The fraction of sp³-hybridized carbons (Fsp3) is 0.600. The molecular weight excluding hydrogens is 213 g/mol. The summed E-state index contributed by atoms with van der Waals surface area (Å²) in [5, 5.41) is 0. The van der Waals surface area contributed by atoms with Crippen molar-refractivity contribution in [1.29, 1.82) is 0 Å². The summed E-state index contributed by atoms with van der Waals surface area (Å²) in [6, 6.07) is 7.10. The van der Waals surface area contributed by atoms with E-state index in [1.807, 2.05) is 12.1 Å². The molecule has 1 nitrogen and oxygen atoms in total. The molecule has 0 aliphatic heterocycles. The second-order valence-electron chi connectivity index (χ2n) is 5.53. The molecule has 94 valence electrons. The van der Waals surface area contributed by atoms with Gasteiger partial charge in [-0.1, -0.05) is 25.5 Å². The van der Waals surface area contributed by atoms with Crippen molar-refractivity contribution in [2.24, 2.45) is 11.7 Å². The third-order valence-electron chi connectivity index (χ3n) is 4.17. The summed E-state index contributed by atoms with van der Waals surface area (Å²) in [5.41, 5.74) is 7.24. The molecule has 2 rings (SSSR count). The molecule has 2 N–H and O–H groups in total. The lowest BCUT2D eigenvalue weighted by Gasteiger charge is -2.44. The second kappa shape index (κ2) is 5.18. The normalized spacial score (nSPS) is 19.7. The van der Waals surface area contributed by atoms with E-state index < -0.39 is 0 Å². The maximum absolute atomic E-state index is 13.0. The molecule has 0 amide bonds. The average molecular weight is 235 g/mol. The van der Waals surface area contributed by atoms with Crippen LogP contribution in [0, 0.1) is 11.7 Å². The van der Waals surface area contributed by atoms with Gasteiger partial charge in [0.05, 0.1) is 0 Å². The zero-order valence-electron chi connectivity index (χ0n) is 10.6. The minimum Gasteiger partial charge on any atom is -0.330 e. The predicted octanol–water partition coefficient (Wildman–Crippen LogP) is 3.62. The minimum atomic E-state index is -0.141. The molecule has 1 unspecified atom stereocenters. The highest BCUT2D eigenvalue weighted by Gasteiger charge is 2.39. The largest absolute Gasteiger partial charge is 0.330 e. The zero-order chi connectivity index (χ0) is 12.3. The quantitative estimate of drug-likeness (QED) is 0.828. The van der Waals surface area contributed by atoms with Gasteiger partial charge >= 0.3 is 0 Å². The first-order valence-electron chi connectivity index (χ1n) is 6.62. The van der Waals surface area contributed by atoms with Crippen molar-refractivity contribution in [3.05, 3.63) is 35.6 Å². The van der Waals surface area contributed by atoms with Gasteiger partial charge in [0.25, 0.3) is 0 Å². The molecule has 1 saturated carbocycles. The predicted molar refractivity (Wildman–Crippen MR) is 69.4 cm³/mol. The third-order valence-corrected chi connectivity index (χ3v) is 4.17. The topological polar surface area (TPSA) is 26.0 Å². The monoisotopic (exact) mass is 235 g/mol. The molecule has 1 atom stereocenters. The molecule has 17 heavy (non-hydrogen) atoms. The lowest BCUT2D eigenvalue weighted by molar-refractivity contribution is 0.191. The van der Waals surface area contributed by atoms with Crippen molar-refractivity contribution < 1.29 is 4.39 Å². The summed E-state index contributed by atoms with van der Waals surface area (Å²) in [7, 11) is 0. The Balaban J connectivity index is 2.11. The number of benzene rings is 1. The van der Waals surface area contributed by atoms with Gasteiger partial charge in [0.15, 0.2) is 0 Å². The first-order valence-corrected chi connectivity index (χ1v) is 6.62. The van der Waals surface area contributed by atoms with Crippen molar-refractivity contribution in [3.8, 4) is 0 Å². The first kappa shape index (κ1) is 12.6. The van der Waals surface area contributed by atoms with E-state index in [1.165, 1.54) is 31.2 Å². The second-order valence-corrected chi connectivity index (χ2v) is 5.53. The molecule has 1 aromatic carbocycles. The van der Waals surface area contributed by atoms with Crippen molar-refractivity contribution >= 4 is 0 Å². The highest BCUT2D eigenvalue weighted by Crippen LogP contribution is 2.48. The van der Waals surface area contributed by atoms with Crippen LogP contribution in [0.5, 0.6) is 0 Å². The molecule has 0 radical (unpaired) electrons. The van der Waals surface area contributed by atoms with Gasteiger partial charge in [0, 0.05) is 0 Å². The average Bonchev–Trinajstić information content (AvgIpc) is 2.25. The summed E-state index contributed by atoms with van der Waals surface area (Å²) >= 11 is 0. The van der Waals surface area contributed by atoms with Crippen LogP contribution < -0.4 is 5.73 Å². The van der Waals surface area contributed by atoms with Crippen LogP contribution in [-0.4, -0.2) is 6.54 Å². The van der Waals surface area contributed by atoms with Crippen LogP contribution in [0.2, 0.25) is 0 Å². The molecule has 0 saturated heterocycles. The van der Waals surface area contributed by atoms with Crippen molar-refractivity contribution in [2.45, 2.75) is 44.4 Å². The molecule has 1 fully saturated rings. The van der Waals surface area contributed by atoms with Crippen LogP contribution in [0.25, 0.3) is 0 Å². The molecule has 0 spiro atoms. The molecule has 1 aliphatic rings. The summed E-state index contributed by atoms with van der Waals surface area (Å²) in [5.74, 6) is 0.517. The molecule has 0 bridgehead atoms. The van der Waals surface area contributed by atoms with E-state index in [-0.39, 0.29) is 5.82 Å². The molecule has 0 aromatic heterocycles. The Morgan fingerprint density at radius 2 is 1.94 bits per heavy atom. The van der Waals surface area contributed by atoms with E-state index in [0.717, 1.165) is 13.0 Å². The van der Waals surface area contributed by atoms with Gasteiger partial charge in [-0.15, -0.1) is 0 Å². The van der Waals surface area contributed by atoms with E-state index in [9.17, 15) is 4.39 Å². The fourth-order valence-electron chi connectivity index (χ4n) is 3.07. The Kier molecular flexibility index (Phi) is 3.82. The van der Waals surface area contributed by atoms with Crippen LogP contribution in [0.4, 0.5) is 4.39 Å². The fourth-order valence-corrected chi connectivity index (χ4v) is 3.07. The standard InChI is InChI=1S/C15H22FN/c1-12(7-10-17)11-15(8-2-9-15)13-3-5-14(16)6-4-13/h3-6,12H,2,7-11,17H2,1H3. The van der Waals surface area contributed by atoms with Gasteiger partial charge in [-0.05, 0) is 61.3 Å². The molecule has 1 aliphatic carbocycles. The van der Waals surface area contributed by atoms with Crippen LogP contribution in [-0.2, 0) is 5.41 Å². The van der Waals surface area contributed by atoms with Crippen LogP contribution in [0.1, 0.15) is 44.6 Å². The van der Waals surface area contributed by atoms with Gasteiger partial charge in [-0.25, -0.2) is 4.39 Å². The van der Waals surface area contributed by atoms with E-state index in [4.69, 9.17) is 5.73 Å². The van der Waals surface area contributed by atoms with Gasteiger partial charge in [-0.2, -0.15) is 0 Å². The Morgan fingerprint density at radius 1 is 1.29 bits per heavy atom. The lowest BCUT2D eigenvalue weighted by atomic mass is 9.60. The number of hydrogen-bond donors (Lipinski definition) is 1. The Hall–Kier alpha value is -0.890. The van der Waals surface area contributed by atoms with E-state index in [0.29, 0.717) is 11.3 Å². The summed E-state index contributed by atoms with van der Waals surface area (Å²) in [4.78, 5) is 0. The molecular formula is C15H22FN. The van der Waals surface area contributed by atoms with Crippen molar-refractivity contribution in [2.75, 3.05) is 6.54 Å². The maximum atomic E-state index is 13.0. The highest BCUT2D eigenvalue weighted by molar-refractivity contribution is 5.28. The van der Waals surface area contributed by atoms with Gasteiger partial charge in [0.1, 0.15) is 5.82 Å². The number of rotatable bonds is 5. The van der Waals surface area contributed by atoms with Crippen molar-refractivity contribution in [1.82, 2.24) is 0 Å². The highest BCUT2D eigenvalue weighted by atomic mass is 19.1. The van der Waals surface area contributed by atoms with E-state index in [2.05, 4.69) is 6.92 Å². The van der Waals surface area contributed by atoms with Crippen LogP contribution in [0.3, 0.4) is 0 Å². The summed E-state index contributed by atoms with van der Waals surface area (Å²) in [6.45, 7) is 3.04. The van der Waals surface area contributed by atoms with Gasteiger partial charge < -0.3 is 5.73 Å². The lowest BCUT2D eigenvalue weighted by Crippen LogP contribution is -2.36. The molecule has 0 heterocycles. The Morgan fingerprint density at radius 3 is 2.41 bits per heavy atom.